The molecule has 0 saturated carbocycles. The van der Waals surface area contributed by atoms with Gasteiger partial charge in [0.15, 0.2) is 11.5 Å². The van der Waals surface area contributed by atoms with Crippen LogP contribution in [-0.4, -0.2) is 56.4 Å². The molecule has 2 aromatic heterocycles. The fraction of sp³-hybridized carbons (Fsp3) is 0.318. The molecule has 9 heteroatoms. The number of amides is 1. The van der Waals surface area contributed by atoms with Crippen molar-refractivity contribution in [2.75, 3.05) is 45.4 Å². The molecule has 1 amide bonds. The third-order valence-electron chi connectivity index (χ3n) is 4.97. The second-order valence-electron chi connectivity index (χ2n) is 6.91. The van der Waals surface area contributed by atoms with Crippen molar-refractivity contribution >= 4 is 23.1 Å². The molecule has 0 bridgehead atoms. The highest BCUT2D eigenvalue weighted by molar-refractivity contribution is 7.13. The van der Waals surface area contributed by atoms with Crippen LogP contribution in [0.4, 0.5) is 5.82 Å². The van der Waals surface area contributed by atoms with Gasteiger partial charge in [0, 0.05) is 36.8 Å². The minimum absolute atomic E-state index is 0.215. The fourth-order valence-corrected chi connectivity index (χ4v) is 4.09. The van der Waals surface area contributed by atoms with Gasteiger partial charge in [0.1, 0.15) is 16.5 Å². The Kier molecular flexibility index (Phi) is 6.63. The second kappa shape index (κ2) is 9.76. The van der Waals surface area contributed by atoms with Crippen molar-refractivity contribution in [2.45, 2.75) is 6.54 Å². The average molecular weight is 441 g/mol. The molecular weight excluding hydrogens is 416 g/mol. The lowest BCUT2D eigenvalue weighted by atomic mass is 10.2. The SMILES string of the molecule is COc1ccc(-c2nc(C(=O)NCc3ccnc(N4CCOCC4)c3)cs2)cc1OC. The largest absolute Gasteiger partial charge is 0.493 e. The molecule has 1 aliphatic heterocycles. The Morgan fingerprint density at radius 3 is 2.74 bits per heavy atom. The van der Waals surface area contributed by atoms with Gasteiger partial charge in [0.05, 0.1) is 27.4 Å². The van der Waals surface area contributed by atoms with Crippen LogP contribution in [0.5, 0.6) is 11.5 Å². The number of carbonyl (C=O) groups excluding carboxylic acids is 1. The van der Waals surface area contributed by atoms with Gasteiger partial charge in [-0.15, -0.1) is 11.3 Å². The summed E-state index contributed by atoms with van der Waals surface area (Å²) in [6.45, 7) is 3.45. The van der Waals surface area contributed by atoms with Gasteiger partial charge < -0.3 is 24.4 Å². The highest BCUT2D eigenvalue weighted by Gasteiger charge is 2.15. The van der Waals surface area contributed by atoms with E-state index in [0.717, 1.165) is 35.0 Å². The summed E-state index contributed by atoms with van der Waals surface area (Å²) in [6, 6.07) is 9.47. The first-order valence-electron chi connectivity index (χ1n) is 9.91. The number of carbonyl (C=O) groups is 1. The quantitative estimate of drug-likeness (QED) is 0.604. The molecule has 3 heterocycles. The predicted octanol–water partition coefficient (Wildman–Crippen LogP) is 2.99. The van der Waals surface area contributed by atoms with E-state index in [2.05, 4.69) is 20.2 Å². The standard InChI is InChI=1S/C22H24N4O4S/c1-28-18-4-3-16(12-19(18)29-2)22-25-17(14-31-22)21(27)24-13-15-5-6-23-20(11-15)26-7-9-30-10-8-26/h3-6,11-12,14H,7-10,13H2,1-2H3,(H,24,27). The molecule has 1 aliphatic rings. The number of aromatic nitrogens is 2. The number of anilines is 1. The number of benzene rings is 1. The van der Waals surface area contributed by atoms with Crippen LogP contribution in [0, 0.1) is 0 Å². The zero-order chi connectivity index (χ0) is 21.6. The van der Waals surface area contributed by atoms with Gasteiger partial charge in [-0.25, -0.2) is 9.97 Å². The molecule has 0 atom stereocenters. The van der Waals surface area contributed by atoms with Gasteiger partial charge in [-0.3, -0.25) is 4.79 Å². The van der Waals surface area contributed by atoms with Crippen LogP contribution in [0.1, 0.15) is 16.1 Å². The van der Waals surface area contributed by atoms with E-state index in [1.807, 2.05) is 30.3 Å². The maximum absolute atomic E-state index is 12.6. The molecule has 4 rings (SSSR count). The van der Waals surface area contributed by atoms with Crippen molar-refractivity contribution in [2.24, 2.45) is 0 Å². The third kappa shape index (κ3) is 4.95. The van der Waals surface area contributed by atoms with Crippen molar-refractivity contribution in [1.82, 2.24) is 15.3 Å². The van der Waals surface area contributed by atoms with Gasteiger partial charge >= 0.3 is 0 Å². The average Bonchev–Trinajstić information content (AvgIpc) is 3.33. The zero-order valence-corrected chi connectivity index (χ0v) is 18.3. The molecule has 162 valence electrons. The first-order valence-corrected chi connectivity index (χ1v) is 10.8. The summed E-state index contributed by atoms with van der Waals surface area (Å²) < 4.78 is 16.0. The Morgan fingerprint density at radius 2 is 1.97 bits per heavy atom. The van der Waals surface area contributed by atoms with E-state index in [1.54, 1.807) is 25.8 Å². The highest BCUT2D eigenvalue weighted by atomic mass is 32.1. The van der Waals surface area contributed by atoms with E-state index in [4.69, 9.17) is 14.2 Å². The number of thiazole rings is 1. The van der Waals surface area contributed by atoms with Gasteiger partial charge in [0.25, 0.3) is 5.91 Å². The molecule has 0 unspecified atom stereocenters. The number of hydrogen-bond donors (Lipinski definition) is 1. The molecule has 0 aliphatic carbocycles. The Labute approximate surface area is 184 Å². The Hall–Kier alpha value is -3.17. The first kappa shape index (κ1) is 21.1. The predicted molar refractivity (Wildman–Crippen MR) is 119 cm³/mol. The van der Waals surface area contributed by atoms with E-state index >= 15 is 0 Å². The number of hydrogen-bond acceptors (Lipinski definition) is 8. The summed E-state index contributed by atoms with van der Waals surface area (Å²) in [5, 5.41) is 5.44. The Bertz CT molecular complexity index is 1050. The molecule has 1 aromatic carbocycles. The second-order valence-corrected chi connectivity index (χ2v) is 7.77. The number of methoxy groups -OCH3 is 2. The van der Waals surface area contributed by atoms with Crippen LogP contribution in [0.2, 0.25) is 0 Å². The summed E-state index contributed by atoms with van der Waals surface area (Å²) >= 11 is 1.41. The van der Waals surface area contributed by atoms with Gasteiger partial charge in [-0.2, -0.15) is 0 Å². The lowest BCUT2D eigenvalue weighted by molar-refractivity contribution is 0.0946. The van der Waals surface area contributed by atoms with Crippen LogP contribution in [-0.2, 0) is 11.3 Å². The summed E-state index contributed by atoms with van der Waals surface area (Å²) in [7, 11) is 3.18. The number of rotatable bonds is 7. The van der Waals surface area contributed by atoms with E-state index in [-0.39, 0.29) is 5.91 Å². The number of nitrogens with zero attached hydrogens (tertiary/aromatic N) is 3. The minimum Gasteiger partial charge on any atom is -0.493 e. The number of ether oxygens (including phenoxy) is 3. The molecule has 31 heavy (non-hydrogen) atoms. The highest BCUT2D eigenvalue weighted by Crippen LogP contribution is 2.33. The Morgan fingerprint density at radius 1 is 1.16 bits per heavy atom. The number of pyridine rings is 1. The number of nitrogens with one attached hydrogen (secondary N) is 1. The smallest absolute Gasteiger partial charge is 0.271 e. The summed E-state index contributed by atoms with van der Waals surface area (Å²) in [5.74, 6) is 1.96. The van der Waals surface area contributed by atoms with Gasteiger partial charge in [0.2, 0.25) is 0 Å². The molecule has 1 N–H and O–H groups in total. The third-order valence-corrected chi connectivity index (χ3v) is 5.86. The summed E-state index contributed by atoms with van der Waals surface area (Å²) in [5.41, 5.74) is 2.24. The van der Waals surface area contributed by atoms with Crippen LogP contribution in [0.25, 0.3) is 10.6 Å². The normalized spacial score (nSPS) is 13.7. The van der Waals surface area contributed by atoms with Crippen molar-refractivity contribution in [1.29, 1.82) is 0 Å². The van der Waals surface area contributed by atoms with Crippen LogP contribution in [0.15, 0.2) is 41.9 Å². The maximum Gasteiger partial charge on any atom is 0.271 e. The van der Waals surface area contributed by atoms with E-state index in [1.165, 1.54) is 11.3 Å². The molecule has 0 spiro atoms. The van der Waals surface area contributed by atoms with Crippen LogP contribution >= 0.6 is 11.3 Å². The molecule has 1 saturated heterocycles. The summed E-state index contributed by atoms with van der Waals surface area (Å²) in [4.78, 5) is 23.7. The van der Waals surface area contributed by atoms with Crippen molar-refractivity contribution in [3.05, 3.63) is 53.2 Å². The van der Waals surface area contributed by atoms with E-state index < -0.39 is 0 Å². The lowest BCUT2D eigenvalue weighted by Crippen LogP contribution is -2.36. The summed E-state index contributed by atoms with van der Waals surface area (Å²) in [6.07, 6.45) is 1.77. The van der Waals surface area contributed by atoms with Gasteiger partial charge in [-0.1, -0.05) is 0 Å². The molecule has 0 radical (unpaired) electrons. The number of morpholine rings is 1. The van der Waals surface area contributed by atoms with Crippen molar-refractivity contribution < 1.29 is 19.0 Å². The first-order chi connectivity index (χ1) is 15.2. The maximum atomic E-state index is 12.6. The van der Waals surface area contributed by atoms with Crippen molar-refractivity contribution in [3.8, 4) is 22.1 Å². The van der Waals surface area contributed by atoms with Crippen LogP contribution in [0.3, 0.4) is 0 Å². The Balaban J connectivity index is 1.41. The molecular formula is C22H24N4O4S. The zero-order valence-electron chi connectivity index (χ0n) is 17.5. The topological polar surface area (TPSA) is 85.8 Å². The van der Waals surface area contributed by atoms with E-state index in [0.29, 0.717) is 37.0 Å². The minimum atomic E-state index is -0.215. The fourth-order valence-electron chi connectivity index (χ4n) is 3.29. The monoisotopic (exact) mass is 440 g/mol. The van der Waals surface area contributed by atoms with Crippen molar-refractivity contribution in [3.63, 3.8) is 0 Å². The molecule has 1 fully saturated rings. The van der Waals surface area contributed by atoms with Gasteiger partial charge in [-0.05, 0) is 35.9 Å². The van der Waals surface area contributed by atoms with Crippen LogP contribution < -0.4 is 19.7 Å². The molecule has 8 nitrogen and oxygen atoms in total. The molecule has 3 aromatic rings. The lowest BCUT2D eigenvalue weighted by Gasteiger charge is -2.28. The van der Waals surface area contributed by atoms with E-state index in [9.17, 15) is 4.79 Å².